The van der Waals surface area contributed by atoms with E-state index >= 15 is 0 Å². The van der Waals surface area contributed by atoms with Crippen molar-refractivity contribution in [3.8, 4) is 5.75 Å². The quantitative estimate of drug-likeness (QED) is 0.795. The van der Waals surface area contributed by atoms with Gasteiger partial charge in [0.15, 0.2) is 0 Å². The van der Waals surface area contributed by atoms with Crippen molar-refractivity contribution in [1.82, 2.24) is 15.1 Å². The number of carbonyl (C=O) groups is 3. The standard InChI is InChI=1S/C20H23N3O5/c1-27-15-8-4-3-7-13(15)18-17-14(12-28-19(17)25)23(20(26)21-18)11-16(24)22-9-5-2-6-10-22/h3-4,7-8,18H,2,5-6,9-12H2,1H3,(H,21,26)/t18-/m0/s1. The van der Waals surface area contributed by atoms with Crippen molar-refractivity contribution in [3.63, 3.8) is 0 Å². The fourth-order valence-corrected chi connectivity index (χ4v) is 4.00. The van der Waals surface area contributed by atoms with Crippen LogP contribution >= 0.6 is 0 Å². The van der Waals surface area contributed by atoms with Gasteiger partial charge in [-0.25, -0.2) is 9.59 Å². The molecule has 1 N–H and O–H groups in total. The van der Waals surface area contributed by atoms with Gasteiger partial charge in [-0.1, -0.05) is 18.2 Å². The molecule has 0 bridgehead atoms. The van der Waals surface area contributed by atoms with E-state index in [2.05, 4.69) is 5.32 Å². The number of methoxy groups -OCH3 is 1. The molecule has 148 valence electrons. The molecule has 1 aromatic carbocycles. The highest BCUT2D eigenvalue weighted by Gasteiger charge is 2.43. The molecule has 0 aliphatic carbocycles. The number of carbonyl (C=O) groups excluding carboxylic acids is 3. The highest BCUT2D eigenvalue weighted by molar-refractivity contribution is 5.98. The molecule has 8 heteroatoms. The lowest BCUT2D eigenvalue weighted by Gasteiger charge is -2.35. The summed E-state index contributed by atoms with van der Waals surface area (Å²) >= 11 is 0. The number of amides is 3. The maximum atomic E-state index is 12.8. The lowest BCUT2D eigenvalue weighted by Crippen LogP contribution is -2.51. The Balaban J connectivity index is 1.65. The van der Waals surface area contributed by atoms with Crippen LogP contribution in [0.2, 0.25) is 0 Å². The molecule has 4 rings (SSSR count). The summed E-state index contributed by atoms with van der Waals surface area (Å²) in [6, 6.07) is 6.12. The summed E-state index contributed by atoms with van der Waals surface area (Å²) in [4.78, 5) is 41.1. The Bertz CT molecular complexity index is 844. The van der Waals surface area contributed by atoms with Crippen molar-refractivity contribution in [1.29, 1.82) is 0 Å². The van der Waals surface area contributed by atoms with E-state index in [1.807, 2.05) is 12.1 Å². The predicted octanol–water partition coefficient (Wildman–Crippen LogP) is 1.58. The van der Waals surface area contributed by atoms with Crippen LogP contribution in [0.4, 0.5) is 4.79 Å². The first-order valence-electron chi connectivity index (χ1n) is 9.49. The number of piperidine rings is 1. The van der Waals surface area contributed by atoms with Gasteiger partial charge in [0.25, 0.3) is 0 Å². The third-order valence-electron chi connectivity index (χ3n) is 5.45. The molecule has 1 atom stereocenters. The van der Waals surface area contributed by atoms with Gasteiger partial charge >= 0.3 is 12.0 Å². The second-order valence-corrected chi connectivity index (χ2v) is 7.09. The lowest BCUT2D eigenvalue weighted by molar-refractivity contribution is -0.136. The van der Waals surface area contributed by atoms with Crippen molar-refractivity contribution in [3.05, 3.63) is 41.1 Å². The smallest absolute Gasteiger partial charge is 0.338 e. The van der Waals surface area contributed by atoms with E-state index in [0.717, 1.165) is 19.3 Å². The summed E-state index contributed by atoms with van der Waals surface area (Å²) in [5.74, 6) is -0.0321. The fourth-order valence-electron chi connectivity index (χ4n) is 4.00. The summed E-state index contributed by atoms with van der Waals surface area (Å²) in [5, 5.41) is 2.85. The molecular formula is C20H23N3O5. The number of urea groups is 1. The summed E-state index contributed by atoms with van der Waals surface area (Å²) in [6.45, 7) is 1.30. The van der Waals surface area contributed by atoms with Crippen molar-refractivity contribution in [2.24, 2.45) is 0 Å². The zero-order chi connectivity index (χ0) is 19.7. The molecule has 3 amide bonds. The van der Waals surface area contributed by atoms with Gasteiger partial charge in [-0.05, 0) is 25.3 Å². The Morgan fingerprint density at radius 3 is 2.71 bits per heavy atom. The van der Waals surface area contributed by atoms with Gasteiger partial charge in [0.2, 0.25) is 5.91 Å². The van der Waals surface area contributed by atoms with Crippen molar-refractivity contribution in [2.45, 2.75) is 25.3 Å². The molecule has 1 aromatic rings. The Kier molecular flexibility index (Phi) is 4.93. The van der Waals surface area contributed by atoms with E-state index in [1.54, 1.807) is 17.0 Å². The highest BCUT2D eigenvalue weighted by Crippen LogP contribution is 2.38. The SMILES string of the molecule is COc1ccccc1[C@@H]1NC(=O)N(CC(=O)N2CCCCC2)C2=C1C(=O)OC2. The van der Waals surface area contributed by atoms with E-state index in [1.165, 1.54) is 12.0 Å². The number of likely N-dealkylation sites (tertiary alicyclic amines) is 1. The summed E-state index contributed by atoms with van der Waals surface area (Å²) in [5.41, 5.74) is 1.48. The second-order valence-electron chi connectivity index (χ2n) is 7.09. The number of ether oxygens (including phenoxy) is 2. The van der Waals surface area contributed by atoms with Crippen molar-refractivity contribution in [2.75, 3.05) is 33.4 Å². The van der Waals surface area contributed by atoms with E-state index in [-0.39, 0.29) is 19.1 Å². The zero-order valence-corrected chi connectivity index (χ0v) is 15.8. The lowest BCUT2D eigenvalue weighted by atomic mass is 9.95. The molecule has 3 aliphatic heterocycles. The Labute approximate surface area is 163 Å². The first-order chi connectivity index (χ1) is 13.6. The van der Waals surface area contributed by atoms with Gasteiger partial charge in [-0.2, -0.15) is 0 Å². The van der Waals surface area contributed by atoms with Crippen LogP contribution in [0, 0.1) is 0 Å². The van der Waals surface area contributed by atoms with Crippen LogP contribution in [0.15, 0.2) is 35.5 Å². The number of cyclic esters (lactones) is 1. The van der Waals surface area contributed by atoms with Crippen LogP contribution in [0.3, 0.4) is 0 Å². The zero-order valence-electron chi connectivity index (χ0n) is 15.8. The molecule has 1 fully saturated rings. The topological polar surface area (TPSA) is 88.2 Å². The Morgan fingerprint density at radius 1 is 1.21 bits per heavy atom. The number of esters is 1. The highest BCUT2D eigenvalue weighted by atomic mass is 16.5. The maximum absolute atomic E-state index is 12.8. The second kappa shape index (κ2) is 7.53. The van der Waals surface area contributed by atoms with Crippen LogP contribution in [-0.2, 0) is 14.3 Å². The third-order valence-corrected chi connectivity index (χ3v) is 5.45. The monoisotopic (exact) mass is 385 g/mol. The number of para-hydroxylation sites is 1. The molecule has 0 unspecified atom stereocenters. The van der Waals surface area contributed by atoms with Crippen LogP contribution in [0.5, 0.6) is 5.75 Å². The predicted molar refractivity (Wildman–Crippen MR) is 99.4 cm³/mol. The third kappa shape index (κ3) is 3.19. The minimum atomic E-state index is -0.671. The van der Waals surface area contributed by atoms with Gasteiger partial charge in [0.05, 0.1) is 24.4 Å². The van der Waals surface area contributed by atoms with Crippen LogP contribution < -0.4 is 10.1 Å². The average Bonchev–Trinajstić information content (AvgIpc) is 3.12. The molecule has 0 radical (unpaired) electrons. The first-order valence-corrected chi connectivity index (χ1v) is 9.49. The summed E-state index contributed by atoms with van der Waals surface area (Å²) in [7, 11) is 1.54. The Morgan fingerprint density at radius 2 is 1.96 bits per heavy atom. The summed E-state index contributed by atoms with van der Waals surface area (Å²) < 4.78 is 10.6. The largest absolute Gasteiger partial charge is 0.496 e. The van der Waals surface area contributed by atoms with Crippen LogP contribution in [0.1, 0.15) is 30.9 Å². The number of hydrogen-bond donors (Lipinski definition) is 1. The van der Waals surface area contributed by atoms with E-state index in [9.17, 15) is 14.4 Å². The molecular weight excluding hydrogens is 362 g/mol. The molecule has 3 aliphatic rings. The van der Waals surface area contributed by atoms with Gasteiger partial charge in [0.1, 0.15) is 18.9 Å². The van der Waals surface area contributed by atoms with E-state index < -0.39 is 18.0 Å². The molecule has 1 saturated heterocycles. The first kappa shape index (κ1) is 18.3. The van der Waals surface area contributed by atoms with Crippen molar-refractivity contribution >= 4 is 17.9 Å². The van der Waals surface area contributed by atoms with E-state index in [0.29, 0.717) is 35.7 Å². The average molecular weight is 385 g/mol. The fraction of sp³-hybridized carbons (Fsp3) is 0.450. The number of nitrogens with one attached hydrogen (secondary N) is 1. The van der Waals surface area contributed by atoms with Gasteiger partial charge < -0.3 is 19.7 Å². The molecule has 8 nitrogen and oxygen atoms in total. The number of benzene rings is 1. The summed E-state index contributed by atoms with van der Waals surface area (Å²) in [6.07, 6.45) is 3.07. The molecule has 0 spiro atoms. The Hall–Kier alpha value is -3.03. The number of hydrogen-bond acceptors (Lipinski definition) is 5. The maximum Gasteiger partial charge on any atom is 0.338 e. The van der Waals surface area contributed by atoms with Gasteiger partial charge in [-0.15, -0.1) is 0 Å². The molecule has 28 heavy (non-hydrogen) atoms. The number of rotatable bonds is 4. The molecule has 3 heterocycles. The minimum absolute atomic E-state index is 0.0134. The molecule has 0 aromatic heterocycles. The van der Waals surface area contributed by atoms with Crippen LogP contribution in [0.25, 0.3) is 0 Å². The van der Waals surface area contributed by atoms with E-state index in [4.69, 9.17) is 9.47 Å². The van der Waals surface area contributed by atoms with Crippen molar-refractivity contribution < 1.29 is 23.9 Å². The molecule has 0 saturated carbocycles. The van der Waals surface area contributed by atoms with Gasteiger partial charge in [-0.3, -0.25) is 9.69 Å². The normalized spacial score (nSPS) is 22.0. The number of nitrogens with zero attached hydrogens (tertiary/aromatic N) is 2. The van der Waals surface area contributed by atoms with Gasteiger partial charge in [0, 0.05) is 18.7 Å². The minimum Gasteiger partial charge on any atom is -0.496 e. The van der Waals surface area contributed by atoms with Crippen LogP contribution in [-0.4, -0.2) is 61.1 Å².